The fourth-order valence-corrected chi connectivity index (χ4v) is 4.55. The highest BCUT2D eigenvalue weighted by Gasteiger charge is 2.22. The van der Waals surface area contributed by atoms with Gasteiger partial charge in [0.15, 0.2) is 5.75 Å². The molecule has 5 aromatic rings. The summed E-state index contributed by atoms with van der Waals surface area (Å²) >= 11 is 0. The number of carboxylic acids is 1. The lowest BCUT2D eigenvalue weighted by atomic mass is 10.1. The van der Waals surface area contributed by atoms with E-state index >= 15 is 0 Å². The van der Waals surface area contributed by atoms with Gasteiger partial charge < -0.3 is 15.5 Å². The van der Waals surface area contributed by atoms with E-state index in [4.69, 9.17) is 5.11 Å². The van der Waals surface area contributed by atoms with Crippen molar-refractivity contribution in [2.24, 2.45) is 20.5 Å². The average molecular weight is 568 g/mol. The van der Waals surface area contributed by atoms with E-state index in [9.17, 15) is 22.9 Å². The van der Waals surface area contributed by atoms with Crippen LogP contribution in [-0.4, -0.2) is 29.2 Å². The molecule has 0 aliphatic rings. The fraction of sp³-hybridized carbons (Fsp3) is 0. The van der Waals surface area contributed by atoms with E-state index < -0.39 is 32.4 Å². The molecule has 0 amide bonds. The number of aromatic hydroxyl groups is 1. The Morgan fingerprint density at radius 1 is 0.683 bits per heavy atom. The number of para-hydroxylation sites is 1. The van der Waals surface area contributed by atoms with Crippen molar-refractivity contribution in [2.45, 2.75) is 4.90 Å². The van der Waals surface area contributed by atoms with Crippen LogP contribution in [0.4, 0.5) is 34.1 Å². The maximum atomic E-state index is 12.2. The Morgan fingerprint density at radius 2 is 1.24 bits per heavy atom. The molecule has 0 aromatic heterocycles. The molecule has 0 saturated carbocycles. The number of rotatable bonds is 8. The number of anilines is 2. The number of carbonyl (C=O) groups is 1. The van der Waals surface area contributed by atoms with Crippen LogP contribution in [0.5, 0.6) is 5.75 Å². The van der Waals surface area contributed by atoms with Crippen molar-refractivity contribution in [3.63, 3.8) is 0 Å². The van der Waals surface area contributed by atoms with E-state index in [0.29, 0.717) is 33.5 Å². The van der Waals surface area contributed by atoms with Gasteiger partial charge in [-0.25, -0.2) is 4.79 Å². The second-order valence-corrected chi connectivity index (χ2v) is 10.1. The summed E-state index contributed by atoms with van der Waals surface area (Å²) in [5.74, 6) is -1.49. The molecule has 0 fully saturated rings. The molecule has 0 radical (unpaired) electrons. The minimum Gasteiger partial charge on any atom is -0.505 e. The third kappa shape index (κ3) is 6.41. The molecule has 0 aliphatic carbocycles. The summed E-state index contributed by atoms with van der Waals surface area (Å²) in [6, 6.07) is 27.7. The Balaban J connectivity index is 1.40. The molecular formula is C29H21N5O6S. The lowest BCUT2D eigenvalue weighted by Gasteiger charge is -2.11. The van der Waals surface area contributed by atoms with Crippen molar-refractivity contribution in [1.82, 2.24) is 0 Å². The number of phenolic OH excluding ortho intramolecular Hbond substituents is 1. The van der Waals surface area contributed by atoms with Crippen LogP contribution in [0.3, 0.4) is 0 Å². The SMILES string of the molecule is O=C(O)c1ccc(N=Nc2ccc(N=Nc3c(S(=O)(=O)O)cc4cc(Nc5ccccc5)ccc4c3O)cc2)cc1. The molecular weight excluding hydrogens is 546 g/mol. The first-order valence-electron chi connectivity index (χ1n) is 12.0. The van der Waals surface area contributed by atoms with Gasteiger partial charge in [0.2, 0.25) is 0 Å². The topological polar surface area (TPSA) is 173 Å². The van der Waals surface area contributed by atoms with Gasteiger partial charge in [-0.2, -0.15) is 23.8 Å². The number of aromatic carboxylic acids is 1. The second-order valence-electron chi connectivity index (χ2n) is 8.74. The first-order chi connectivity index (χ1) is 19.7. The van der Waals surface area contributed by atoms with Gasteiger partial charge in [0.05, 0.1) is 22.6 Å². The zero-order valence-corrected chi connectivity index (χ0v) is 21.9. The predicted molar refractivity (Wildman–Crippen MR) is 153 cm³/mol. The number of hydrogen-bond donors (Lipinski definition) is 4. The molecule has 0 spiro atoms. The minimum absolute atomic E-state index is 0.137. The summed E-state index contributed by atoms with van der Waals surface area (Å²) in [5, 5.41) is 39.9. The van der Waals surface area contributed by atoms with Crippen LogP contribution in [0.2, 0.25) is 0 Å². The van der Waals surface area contributed by atoms with Gasteiger partial charge in [-0.15, -0.1) is 5.11 Å². The Hall–Kier alpha value is -5.46. The van der Waals surface area contributed by atoms with Crippen LogP contribution in [0.25, 0.3) is 10.8 Å². The smallest absolute Gasteiger partial charge is 0.335 e. The van der Waals surface area contributed by atoms with Crippen LogP contribution < -0.4 is 5.32 Å². The highest BCUT2D eigenvalue weighted by atomic mass is 32.2. The highest BCUT2D eigenvalue weighted by molar-refractivity contribution is 7.86. The summed E-state index contributed by atoms with van der Waals surface area (Å²) in [6.45, 7) is 0. The van der Waals surface area contributed by atoms with E-state index in [1.807, 2.05) is 30.3 Å². The van der Waals surface area contributed by atoms with Crippen molar-refractivity contribution in [3.8, 4) is 5.75 Å². The van der Waals surface area contributed by atoms with Crippen molar-refractivity contribution < 1.29 is 28.0 Å². The molecule has 0 atom stereocenters. The van der Waals surface area contributed by atoms with Crippen molar-refractivity contribution in [2.75, 3.05) is 5.32 Å². The molecule has 0 unspecified atom stereocenters. The first-order valence-corrected chi connectivity index (χ1v) is 13.5. The lowest BCUT2D eigenvalue weighted by molar-refractivity contribution is 0.0697. The Labute approximate surface area is 233 Å². The molecule has 5 rings (SSSR count). The maximum absolute atomic E-state index is 12.2. The fourth-order valence-electron chi connectivity index (χ4n) is 3.89. The number of benzene rings is 5. The molecule has 0 aliphatic heterocycles. The van der Waals surface area contributed by atoms with Gasteiger partial charge >= 0.3 is 5.97 Å². The molecule has 0 heterocycles. The van der Waals surface area contributed by atoms with Crippen LogP contribution in [0, 0.1) is 0 Å². The van der Waals surface area contributed by atoms with Gasteiger partial charge in [-0.1, -0.05) is 18.2 Å². The molecule has 4 N–H and O–H groups in total. The number of nitrogens with one attached hydrogen (secondary N) is 1. The summed E-state index contributed by atoms with van der Waals surface area (Å²) in [5.41, 5.74) is 2.45. The molecule has 41 heavy (non-hydrogen) atoms. The third-order valence-electron chi connectivity index (χ3n) is 5.90. The Bertz CT molecular complexity index is 1910. The molecule has 0 bridgehead atoms. The average Bonchev–Trinajstić information content (AvgIpc) is 2.96. The quantitative estimate of drug-likeness (QED) is 0.108. The van der Waals surface area contributed by atoms with E-state index in [0.717, 1.165) is 5.69 Å². The Kier molecular flexibility index (Phi) is 7.50. The largest absolute Gasteiger partial charge is 0.505 e. The lowest BCUT2D eigenvalue weighted by Crippen LogP contribution is -1.99. The number of phenols is 1. The second kappa shape index (κ2) is 11.3. The van der Waals surface area contributed by atoms with Gasteiger partial charge in [0.25, 0.3) is 10.1 Å². The Morgan fingerprint density at radius 3 is 1.80 bits per heavy atom. The molecule has 11 nitrogen and oxygen atoms in total. The number of carboxylic acid groups (broad SMARTS) is 1. The van der Waals surface area contributed by atoms with Crippen molar-refractivity contribution in [1.29, 1.82) is 0 Å². The van der Waals surface area contributed by atoms with E-state index in [-0.39, 0.29) is 5.56 Å². The standard InChI is InChI=1S/C29H21N5O6S/c35-28-25-15-14-24(30-20-4-2-1-3-5-20)16-19(25)17-26(41(38,39)40)27(28)34-33-23-12-10-22(11-13-23)32-31-21-8-6-18(7-9-21)29(36)37/h1-17,30,35H,(H,36,37)(H,38,39,40). The number of nitrogens with zero attached hydrogens (tertiary/aromatic N) is 4. The van der Waals surface area contributed by atoms with Gasteiger partial charge in [-0.05, 0) is 90.3 Å². The predicted octanol–water partition coefficient (Wildman–Crippen LogP) is 8.06. The van der Waals surface area contributed by atoms with E-state index in [1.165, 1.54) is 30.3 Å². The number of fused-ring (bicyclic) bond motifs is 1. The van der Waals surface area contributed by atoms with Crippen LogP contribution in [-0.2, 0) is 10.1 Å². The van der Waals surface area contributed by atoms with Crippen LogP contribution in [0.1, 0.15) is 10.4 Å². The summed E-state index contributed by atoms with van der Waals surface area (Å²) in [4.78, 5) is 10.4. The molecule has 0 saturated heterocycles. The van der Waals surface area contributed by atoms with Crippen LogP contribution >= 0.6 is 0 Å². The van der Waals surface area contributed by atoms with Gasteiger partial charge in [0, 0.05) is 16.8 Å². The maximum Gasteiger partial charge on any atom is 0.335 e. The monoisotopic (exact) mass is 567 g/mol. The van der Waals surface area contributed by atoms with Crippen molar-refractivity contribution in [3.05, 3.63) is 109 Å². The van der Waals surface area contributed by atoms with Crippen molar-refractivity contribution >= 4 is 61.0 Å². The normalized spacial score (nSPS) is 11.8. The third-order valence-corrected chi connectivity index (χ3v) is 6.77. The number of hydrogen-bond acceptors (Lipinski definition) is 9. The summed E-state index contributed by atoms with van der Waals surface area (Å²) < 4.78 is 34.3. The van der Waals surface area contributed by atoms with E-state index in [1.54, 1.807) is 42.5 Å². The van der Waals surface area contributed by atoms with Gasteiger partial charge in [-0.3, -0.25) is 4.55 Å². The first kappa shape index (κ1) is 27.1. The number of azo groups is 2. The zero-order chi connectivity index (χ0) is 29.0. The molecule has 204 valence electrons. The molecule has 5 aromatic carbocycles. The summed E-state index contributed by atoms with van der Waals surface area (Å²) in [6.07, 6.45) is 0. The summed E-state index contributed by atoms with van der Waals surface area (Å²) in [7, 11) is -4.77. The highest BCUT2D eigenvalue weighted by Crippen LogP contribution is 2.42. The van der Waals surface area contributed by atoms with Crippen LogP contribution in [0.15, 0.2) is 128 Å². The van der Waals surface area contributed by atoms with E-state index in [2.05, 4.69) is 25.8 Å². The minimum atomic E-state index is -4.77. The molecule has 12 heteroatoms. The van der Waals surface area contributed by atoms with Gasteiger partial charge in [0.1, 0.15) is 10.6 Å². The zero-order valence-electron chi connectivity index (χ0n) is 21.1.